The Morgan fingerprint density at radius 3 is 1.12 bits per heavy atom. The number of unbranched alkanes of at least 4 members (excludes halogenated alkanes) is 41. The van der Waals surface area contributed by atoms with E-state index in [0.29, 0.717) is 17.4 Å². The maximum Gasteiger partial charge on any atom is 0.306 e. The smallest absolute Gasteiger partial charge is 0.306 e. The molecule has 0 bridgehead atoms. The number of hydrogen-bond acceptors (Lipinski definition) is 8. The lowest BCUT2D eigenvalue weighted by molar-refractivity contribution is -0.870. The van der Waals surface area contributed by atoms with Crippen molar-refractivity contribution in [2.45, 2.75) is 328 Å². The van der Waals surface area contributed by atoms with Crippen molar-refractivity contribution in [2.75, 3.05) is 47.5 Å². The quantitative estimate of drug-likeness (QED) is 0.0195. The van der Waals surface area contributed by atoms with Crippen LogP contribution in [-0.2, 0) is 32.7 Å². The van der Waals surface area contributed by atoms with Gasteiger partial charge < -0.3 is 27.9 Å². The average Bonchev–Trinajstić information content (AvgIpc) is 3.38. The third kappa shape index (κ3) is 61.4. The van der Waals surface area contributed by atoms with E-state index in [1.807, 2.05) is 21.1 Å². The lowest BCUT2D eigenvalue weighted by Crippen LogP contribution is -2.37. The molecule has 0 aromatic heterocycles. The highest BCUT2D eigenvalue weighted by Crippen LogP contribution is 2.38. The molecule has 0 aliphatic carbocycles. The minimum Gasteiger partial charge on any atom is -0.756 e. The fourth-order valence-electron chi connectivity index (χ4n) is 9.68. The number of nitrogens with zero attached hydrogens (tertiary/aromatic N) is 1. The third-order valence-electron chi connectivity index (χ3n) is 14.7. The lowest BCUT2D eigenvalue weighted by atomic mass is 10.0. The van der Waals surface area contributed by atoms with Crippen molar-refractivity contribution >= 4 is 19.8 Å². The van der Waals surface area contributed by atoms with E-state index >= 15 is 0 Å². The molecule has 0 amide bonds. The van der Waals surface area contributed by atoms with Gasteiger partial charge in [0.15, 0.2) is 6.10 Å². The second kappa shape index (κ2) is 57.9. The summed E-state index contributed by atoms with van der Waals surface area (Å²) < 4.78 is 34.2. The first-order chi connectivity index (χ1) is 37.0. The molecular weight excluding hydrogens is 966 g/mol. The van der Waals surface area contributed by atoms with E-state index in [2.05, 4.69) is 50.3 Å². The van der Waals surface area contributed by atoms with Gasteiger partial charge in [-0.3, -0.25) is 14.2 Å². The summed E-state index contributed by atoms with van der Waals surface area (Å²) in [6.07, 6.45) is 72.4. The van der Waals surface area contributed by atoms with Crippen molar-refractivity contribution in [2.24, 2.45) is 0 Å². The van der Waals surface area contributed by atoms with Crippen molar-refractivity contribution in [1.82, 2.24) is 0 Å². The highest BCUT2D eigenvalue weighted by atomic mass is 31.2. The molecule has 10 heteroatoms. The van der Waals surface area contributed by atoms with Crippen LogP contribution in [0, 0.1) is 0 Å². The summed E-state index contributed by atoms with van der Waals surface area (Å²) in [6, 6.07) is 0. The average molecular weight is 1090 g/mol. The van der Waals surface area contributed by atoms with Gasteiger partial charge in [0.05, 0.1) is 27.7 Å². The Morgan fingerprint density at radius 1 is 0.421 bits per heavy atom. The minimum atomic E-state index is -4.64. The molecule has 0 aromatic carbocycles. The van der Waals surface area contributed by atoms with Crippen LogP contribution in [0.2, 0.25) is 0 Å². The van der Waals surface area contributed by atoms with Gasteiger partial charge in [-0.15, -0.1) is 0 Å². The predicted molar refractivity (Wildman–Crippen MR) is 324 cm³/mol. The Labute approximate surface area is 471 Å². The van der Waals surface area contributed by atoms with Crippen molar-refractivity contribution in [3.63, 3.8) is 0 Å². The number of rotatable bonds is 61. The summed E-state index contributed by atoms with van der Waals surface area (Å²) in [5.74, 6) is -0.831. The first-order valence-electron chi connectivity index (χ1n) is 32.7. The number of hydrogen-bond donors (Lipinski definition) is 0. The summed E-state index contributed by atoms with van der Waals surface area (Å²) >= 11 is 0. The van der Waals surface area contributed by atoms with Crippen LogP contribution in [0.4, 0.5) is 0 Å². The highest BCUT2D eigenvalue weighted by Gasteiger charge is 2.22. The number of likely N-dealkylation sites (N-methyl/N-ethyl adjacent to an activating group) is 1. The molecular formula is C66H126NO8P. The van der Waals surface area contributed by atoms with Crippen molar-refractivity contribution in [3.8, 4) is 0 Å². The van der Waals surface area contributed by atoms with Gasteiger partial charge in [0.2, 0.25) is 0 Å². The van der Waals surface area contributed by atoms with Gasteiger partial charge >= 0.3 is 11.9 Å². The Balaban J connectivity index is 3.92. The first-order valence-corrected chi connectivity index (χ1v) is 34.2. The zero-order chi connectivity index (χ0) is 55.6. The van der Waals surface area contributed by atoms with Gasteiger partial charge in [0.1, 0.15) is 19.8 Å². The largest absolute Gasteiger partial charge is 0.756 e. The number of ether oxygens (including phenoxy) is 2. The van der Waals surface area contributed by atoms with E-state index in [-0.39, 0.29) is 32.0 Å². The fraction of sp³-hybridized carbons (Fsp3) is 0.879. The molecule has 9 nitrogen and oxygen atoms in total. The molecule has 0 saturated heterocycles. The van der Waals surface area contributed by atoms with Gasteiger partial charge in [-0.1, -0.05) is 301 Å². The molecule has 2 unspecified atom stereocenters. The van der Waals surface area contributed by atoms with Crippen LogP contribution in [0.3, 0.4) is 0 Å². The number of carbonyl (C=O) groups excluding carboxylic acids is 2. The molecule has 0 aliphatic rings. The van der Waals surface area contributed by atoms with Crippen molar-refractivity contribution < 1.29 is 42.1 Å². The van der Waals surface area contributed by atoms with Gasteiger partial charge in [-0.25, -0.2) is 0 Å². The minimum absolute atomic E-state index is 0.0318. The number of phosphoric ester groups is 1. The zero-order valence-corrected chi connectivity index (χ0v) is 51.9. The number of esters is 2. The van der Waals surface area contributed by atoms with Crippen molar-refractivity contribution in [1.29, 1.82) is 0 Å². The monoisotopic (exact) mass is 1090 g/mol. The van der Waals surface area contributed by atoms with Crippen LogP contribution in [0.25, 0.3) is 0 Å². The van der Waals surface area contributed by atoms with Gasteiger partial charge in [0, 0.05) is 12.8 Å². The normalized spacial score (nSPS) is 13.4. The number of quaternary nitrogens is 1. The predicted octanol–water partition coefficient (Wildman–Crippen LogP) is 20.1. The topological polar surface area (TPSA) is 111 Å². The summed E-state index contributed by atoms with van der Waals surface area (Å²) in [7, 11) is 1.17. The molecule has 2 atom stereocenters. The summed E-state index contributed by atoms with van der Waals surface area (Å²) in [4.78, 5) is 37.9. The van der Waals surface area contributed by atoms with Crippen LogP contribution < -0.4 is 4.89 Å². The SMILES string of the molecule is CC/C=C\C/C=C\C/C=C\CCCCCCCCCC(=O)OC(COC(=O)CCCCCCCCCCCCCCCCCCCCCCCCCCCCCCCCCCCCC)COP(=O)([O-])OCC[N+](C)(C)C. The van der Waals surface area contributed by atoms with E-state index in [4.69, 9.17) is 18.5 Å². The van der Waals surface area contributed by atoms with Crippen LogP contribution in [0.1, 0.15) is 322 Å². The Hall–Kier alpha value is -1.77. The standard InChI is InChI=1S/C66H126NO8P/c1-6-8-10-12-14-16-18-20-22-24-25-26-27-28-29-30-31-32-33-34-35-36-37-38-39-40-41-43-44-46-48-50-52-54-56-58-65(68)72-62-64(63-74-76(70,71)73-61-60-67(3,4)5)75-66(69)59-57-55-53-51-49-47-45-42-23-21-19-17-15-13-11-9-7-2/h9,11,15,17,21,23,64H,6-8,10,12-14,16,18-20,22,24-63H2,1-5H3/b11-9-,17-15-,23-21-. The third-order valence-corrected chi connectivity index (χ3v) is 15.6. The highest BCUT2D eigenvalue weighted by molar-refractivity contribution is 7.45. The summed E-state index contributed by atoms with van der Waals surface area (Å²) in [6.45, 7) is 4.17. The molecule has 0 radical (unpaired) electrons. The van der Waals surface area contributed by atoms with E-state index in [9.17, 15) is 19.0 Å². The molecule has 448 valence electrons. The Kier molecular flexibility index (Phi) is 56.6. The van der Waals surface area contributed by atoms with E-state index in [1.54, 1.807) is 0 Å². The van der Waals surface area contributed by atoms with Crippen LogP contribution in [-0.4, -0.2) is 70.0 Å². The number of phosphoric acid groups is 1. The van der Waals surface area contributed by atoms with Crippen LogP contribution in [0.5, 0.6) is 0 Å². The Bertz CT molecular complexity index is 1380. The van der Waals surface area contributed by atoms with Crippen molar-refractivity contribution in [3.05, 3.63) is 36.5 Å². The second-order valence-corrected chi connectivity index (χ2v) is 24.9. The number of carbonyl (C=O) groups is 2. The van der Waals surface area contributed by atoms with Gasteiger partial charge in [0.25, 0.3) is 7.82 Å². The molecule has 0 heterocycles. The molecule has 76 heavy (non-hydrogen) atoms. The lowest BCUT2D eigenvalue weighted by Gasteiger charge is -2.28. The van der Waals surface area contributed by atoms with Crippen LogP contribution >= 0.6 is 7.82 Å². The van der Waals surface area contributed by atoms with E-state index in [1.165, 1.54) is 225 Å². The summed E-state index contributed by atoms with van der Waals surface area (Å²) in [5, 5.41) is 0. The van der Waals surface area contributed by atoms with Gasteiger partial charge in [-0.2, -0.15) is 0 Å². The zero-order valence-electron chi connectivity index (χ0n) is 51.0. The Morgan fingerprint density at radius 2 is 0.750 bits per heavy atom. The van der Waals surface area contributed by atoms with E-state index < -0.39 is 26.5 Å². The molecule has 0 fully saturated rings. The second-order valence-electron chi connectivity index (χ2n) is 23.5. The fourth-order valence-corrected chi connectivity index (χ4v) is 10.4. The molecule has 0 spiro atoms. The molecule has 0 saturated carbocycles. The summed E-state index contributed by atoms with van der Waals surface area (Å²) in [5.41, 5.74) is 0. The molecule has 0 aliphatic heterocycles. The maximum atomic E-state index is 12.8. The van der Waals surface area contributed by atoms with E-state index in [0.717, 1.165) is 64.2 Å². The van der Waals surface area contributed by atoms with Crippen LogP contribution in [0.15, 0.2) is 36.5 Å². The first kappa shape index (κ1) is 74.2. The number of allylic oxidation sites excluding steroid dienone is 6. The molecule has 0 rings (SSSR count). The molecule has 0 aromatic rings. The molecule has 0 N–H and O–H groups in total. The van der Waals surface area contributed by atoms with Gasteiger partial charge in [-0.05, 0) is 44.9 Å². The maximum absolute atomic E-state index is 12.8.